The van der Waals surface area contributed by atoms with Crippen LogP contribution in [0.5, 0.6) is 0 Å². The number of nitrogens with one attached hydrogen (secondary N) is 1. The molecular weight excluding hydrogens is 268 g/mol. The maximum atomic E-state index is 12.2. The Morgan fingerprint density at radius 2 is 1.95 bits per heavy atom. The molecule has 2 N–H and O–H groups in total. The summed E-state index contributed by atoms with van der Waals surface area (Å²) in [6, 6.07) is 6.20. The molecule has 1 aliphatic heterocycles. The quantitative estimate of drug-likeness (QED) is 0.907. The molecule has 1 fully saturated rings. The number of fused-ring (bicyclic) bond motifs is 1. The lowest BCUT2D eigenvalue weighted by Crippen LogP contribution is -2.29. The third-order valence-corrected chi connectivity index (χ3v) is 3.98. The molecular formula is C16H18N2O3. The lowest BCUT2D eigenvalue weighted by molar-refractivity contribution is 0.0697. The number of nitrogens with zero attached hydrogens (tertiary/aromatic N) is 1. The molecule has 1 aromatic carbocycles. The number of carboxylic acid groups (broad SMARTS) is 1. The first-order valence-corrected chi connectivity index (χ1v) is 7.25. The summed E-state index contributed by atoms with van der Waals surface area (Å²) in [6.45, 7) is 2.88. The minimum Gasteiger partial charge on any atom is -0.478 e. The van der Waals surface area contributed by atoms with E-state index < -0.39 is 5.97 Å². The number of piperidine rings is 1. The number of H-pyrrole nitrogens is 1. The summed E-state index contributed by atoms with van der Waals surface area (Å²) in [6.07, 6.45) is 3.70. The van der Waals surface area contributed by atoms with Crippen LogP contribution in [0.15, 0.2) is 29.1 Å². The van der Waals surface area contributed by atoms with E-state index in [2.05, 4.69) is 9.88 Å². The minimum absolute atomic E-state index is 0.126. The standard InChI is InChI=1S/C16H18N2O3/c19-15-9-12(10-18-6-2-1-3-7-18)17-14-5-4-11(16(20)21)8-13(14)15/h4-5,8-9H,1-3,6-7,10H2,(H,17,19)(H,20,21). The molecule has 5 nitrogen and oxygen atoms in total. The molecule has 0 atom stereocenters. The van der Waals surface area contributed by atoms with Crippen LogP contribution < -0.4 is 5.43 Å². The molecule has 21 heavy (non-hydrogen) atoms. The Kier molecular flexibility index (Phi) is 3.75. The zero-order valence-corrected chi connectivity index (χ0v) is 11.8. The van der Waals surface area contributed by atoms with E-state index in [1.807, 2.05) is 0 Å². The van der Waals surface area contributed by atoms with Gasteiger partial charge in [-0.25, -0.2) is 4.79 Å². The highest BCUT2D eigenvalue weighted by molar-refractivity contribution is 5.93. The molecule has 5 heteroatoms. The molecule has 1 aromatic heterocycles. The fourth-order valence-electron chi connectivity index (χ4n) is 2.88. The first-order chi connectivity index (χ1) is 10.1. The Labute approximate surface area is 122 Å². The second kappa shape index (κ2) is 5.69. The minimum atomic E-state index is -1.02. The van der Waals surface area contributed by atoms with Crippen molar-refractivity contribution in [1.29, 1.82) is 0 Å². The summed E-state index contributed by atoms with van der Waals surface area (Å²) >= 11 is 0. The van der Waals surface area contributed by atoms with Crippen molar-refractivity contribution >= 4 is 16.9 Å². The number of carboxylic acids is 1. The summed E-state index contributed by atoms with van der Waals surface area (Å²) in [5.74, 6) is -1.02. The zero-order chi connectivity index (χ0) is 14.8. The largest absolute Gasteiger partial charge is 0.478 e. The monoisotopic (exact) mass is 286 g/mol. The lowest BCUT2D eigenvalue weighted by atomic mass is 10.1. The molecule has 110 valence electrons. The van der Waals surface area contributed by atoms with Gasteiger partial charge >= 0.3 is 5.97 Å². The highest BCUT2D eigenvalue weighted by atomic mass is 16.4. The predicted molar refractivity (Wildman–Crippen MR) is 80.7 cm³/mol. The van der Waals surface area contributed by atoms with Crippen molar-refractivity contribution in [2.45, 2.75) is 25.8 Å². The second-order valence-electron chi connectivity index (χ2n) is 5.56. The van der Waals surface area contributed by atoms with Crippen molar-refractivity contribution in [3.63, 3.8) is 0 Å². The molecule has 0 aliphatic carbocycles. The summed E-state index contributed by atoms with van der Waals surface area (Å²) in [5.41, 5.74) is 1.59. The van der Waals surface area contributed by atoms with Gasteiger partial charge in [-0.2, -0.15) is 0 Å². The first kappa shape index (κ1) is 13.8. The van der Waals surface area contributed by atoms with E-state index in [1.165, 1.54) is 31.4 Å². The smallest absolute Gasteiger partial charge is 0.335 e. The van der Waals surface area contributed by atoms with E-state index in [-0.39, 0.29) is 11.0 Å². The van der Waals surface area contributed by atoms with E-state index in [0.29, 0.717) is 10.9 Å². The second-order valence-corrected chi connectivity index (χ2v) is 5.56. The number of hydrogen-bond donors (Lipinski definition) is 2. The fourth-order valence-corrected chi connectivity index (χ4v) is 2.88. The van der Waals surface area contributed by atoms with Gasteiger partial charge in [-0.1, -0.05) is 6.42 Å². The van der Waals surface area contributed by atoms with Gasteiger partial charge in [0.2, 0.25) is 0 Å². The molecule has 0 bridgehead atoms. The molecule has 0 unspecified atom stereocenters. The van der Waals surface area contributed by atoms with Gasteiger partial charge in [-0.3, -0.25) is 9.69 Å². The topological polar surface area (TPSA) is 73.4 Å². The third-order valence-electron chi connectivity index (χ3n) is 3.98. The zero-order valence-electron chi connectivity index (χ0n) is 11.8. The number of aromatic carboxylic acids is 1. The van der Waals surface area contributed by atoms with E-state index in [0.717, 1.165) is 25.3 Å². The number of pyridine rings is 1. The summed E-state index contributed by atoms with van der Waals surface area (Å²) in [5, 5.41) is 9.42. The number of benzene rings is 1. The fraction of sp³-hybridized carbons (Fsp3) is 0.375. The van der Waals surface area contributed by atoms with E-state index >= 15 is 0 Å². The first-order valence-electron chi connectivity index (χ1n) is 7.25. The Morgan fingerprint density at radius 1 is 1.19 bits per heavy atom. The summed E-state index contributed by atoms with van der Waals surface area (Å²) in [4.78, 5) is 28.7. The van der Waals surface area contributed by atoms with Gasteiger partial charge in [0.1, 0.15) is 0 Å². The van der Waals surface area contributed by atoms with Crippen LogP contribution in [-0.4, -0.2) is 34.0 Å². The van der Waals surface area contributed by atoms with E-state index in [1.54, 1.807) is 12.1 Å². The van der Waals surface area contributed by atoms with Crippen LogP contribution in [0.3, 0.4) is 0 Å². The normalized spacial score (nSPS) is 16.2. The van der Waals surface area contributed by atoms with Crippen LogP contribution >= 0.6 is 0 Å². The van der Waals surface area contributed by atoms with Gasteiger partial charge in [-0.05, 0) is 44.1 Å². The van der Waals surface area contributed by atoms with Crippen LogP contribution in [0.4, 0.5) is 0 Å². The number of likely N-dealkylation sites (tertiary alicyclic amines) is 1. The summed E-state index contributed by atoms with van der Waals surface area (Å²) < 4.78 is 0. The van der Waals surface area contributed by atoms with Gasteiger partial charge in [0.05, 0.1) is 5.56 Å². The Hall–Kier alpha value is -2.14. The Balaban J connectivity index is 1.93. The van der Waals surface area contributed by atoms with Crippen molar-refractivity contribution in [1.82, 2.24) is 9.88 Å². The molecule has 0 radical (unpaired) electrons. The highest BCUT2D eigenvalue weighted by Crippen LogP contribution is 2.15. The van der Waals surface area contributed by atoms with Gasteiger partial charge < -0.3 is 10.1 Å². The number of carbonyl (C=O) groups is 1. The predicted octanol–water partition coefficient (Wildman–Crippen LogP) is 2.21. The maximum Gasteiger partial charge on any atom is 0.335 e. The Morgan fingerprint density at radius 3 is 2.67 bits per heavy atom. The Bertz CT molecular complexity index is 730. The van der Waals surface area contributed by atoms with Crippen molar-refractivity contribution in [2.24, 2.45) is 0 Å². The van der Waals surface area contributed by atoms with Gasteiger partial charge in [0.15, 0.2) is 5.43 Å². The number of hydrogen-bond acceptors (Lipinski definition) is 3. The average molecular weight is 286 g/mol. The van der Waals surface area contributed by atoms with Gasteiger partial charge in [-0.15, -0.1) is 0 Å². The van der Waals surface area contributed by atoms with Crippen LogP contribution in [0.1, 0.15) is 35.3 Å². The van der Waals surface area contributed by atoms with Crippen molar-refractivity contribution < 1.29 is 9.90 Å². The van der Waals surface area contributed by atoms with Crippen LogP contribution in [0, 0.1) is 0 Å². The maximum absolute atomic E-state index is 12.2. The SMILES string of the molecule is O=C(O)c1ccc2[nH]c(CN3CCCCC3)cc(=O)c2c1. The number of aromatic amines is 1. The van der Waals surface area contributed by atoms with Crippen LogP contribution in [0.25, 0.3) is 10.9 Å². The molecule has 2 aromatic rings. The molecule has 1 saturated heterocycles. The average Bonchev–Trinajstić information content (AvgIpc) is 2.48. The van der Waals surface area contributed by atoms with Crippen molar-refractivity contribution in [2.75, 3.05) is 13.1 Å². The third kappa shape index (κ3) is 2.97. The van der Waals surface area contributed by atoms with Crippen molar-refractivity contribution in [3.8, 4) is 0 Å². The molecule has 1 aliphatic rings. The summed E-state index contributed by atoms with van der Waals surface area (Å²) in [7, 11) is 0. The molecule has 0 spiro atoms. The molecule has 0 amide bonds. The van der Waals surface area contributed by atoms with Gasteiger partial charge in [0.25, 0.3) is 0 Å². The molecule has 0 saturated carbocycles. The lowest BCUT2D eigenvalue weighted by Gasteiger charge is -2.26. The highest BCUT2D eigenvalue weighted by Gasteiger charge is 2.12. The number of rotatable bonds is 3. The number of aromatic nitrogens is 1. The van der Waals surface area contributed by atoms with E-state index in [4.69, 9.17) is 5.11 Å². The molecule has 3 rings (SSSR count). The van der Waals surface area contributed by atoms with Crippen LogP contribution in [-0.2, 0) is 6.54 Å². The molecule has 2 heterocycles. The van der Waals surface area contributed by atoms with Crippen molar-refractivity contribution in [3.05, 3.63) is 45.7 Å². The van der Waals surface area contributed by atoms with Gasteiger partial charge in [0, 0.05) is 29.2 Å². The van der Waals surface area contributed by atoms with E-state index in [9.17, 15) is 9.59 Å². The van der Waals surface area contributed by atoms with Crippen LogP contribution in [0.2, 0.25) is 0 Å².